The van der Waals surface area contributed by atoms with E-state index in [0.717, 1.165) is 0 Å². The molecule has 2 aliphatic heterocycles. The number of aromatic nitrogens is 8. The van der Waals surface area contributed by atoms with E-state index < -0.39 is 120 Å². The molecule has 0 spiro atoms. The molecule has 2 aromatic carbocycles. The number of fused-ring (bicyclic) bond motifs is 2. The number of rotatable bonds is 36. The summed E-state index contributed by atoms with van der Waals surface area (Å²) in [4.78, 5) is 155. The number of hydrogen-bond donors (Lipinski definition) is 19. The molecule has 38 heteroatoms. The van der Waals surface area contributed by atoms with E-state index in [4.69, 9.17) is 25.7 Å². The van der Waals surface area contributed by atoms with E-state index in [1.807, 2.05) is 0 Å². The number of carbonyl (C=O) groups is 8. The zero-order valence-corrected chi connectivity index (χ0v) is 53.8. The van der Waals surface area contributed by atoms with E-state index in [9.17, 15) is 83.7 Å². The Kier molecular flexibility index (Phi) is 27.4. The third-order valence-electron chi connectivity index (χ3n) is 16.0. The van der Waals surface area contributed by atoms with Gasteiger partial charge in [0.25, 0.3) is 17.4 Å². The average Bonchev–Trinajstić information content (AvgIpc) is 0.796. The zero-order chi connectivity index (χ0) is 72.0. The second-order valence-electron chi connectivity index (χ2n) is 23.6. The molecule has 538 valence electrons. The molecule has 100 heavy (non-hydrogen) atoms. The van der Waals surface area contributed by atoms with E-state index in [0.29, 0.717) is 61.3 Å². The second-order valence-corrected chi connectivity index (χ2v) is 23.6. The SMILES string of the molecule is Nc1nc2ncc(CNc3ccc(C(=O)NC(CCC(=O)NCCCCCC(=O)NCC4CC(O)[C@@H](O)[C@H](O[C@H]5C(CNC(=O)CCCCCNC(=O)CCC(NC(=O)c6ccc(NCc7cnc8[nH]c(N)nc(=O)c8n7)cc6)C(=O)O)O[C@@H](O)C(O)[C@H]5O)O4)C(=O)O)cc3)nc2c(=O)[nH]1. The maximum Gasteiger partial charge on any atom is 0.326 e. The molecule has 6 aromatic rings. The largest absolute Gasteiger partial charge is 0.480 e. The summed E-state index contributed by atoms with van der Waals surface area (Å²) in [7, 11) is 0. The highest BCUT2D eigenvalue weighted by molar-refractivity contribution is 5.98. The Morgan fingerprint density at radius 3 is 1.63 bits per heavy atom. The molecule has 21 N–H and O–H groups in total. The van der Waals surface area contributed by atoms with Crippen molar-refractivity contribution in [2.75, 3.05) is 48.3 Å². The van der Waals surface area contributed by atoms with Crippen molar-refractivity contribution >= 4 is 93.0 Å². The van der Waals surface area contributed by atoms with Gasteiger partial charge in [0.05, 0.1) is 49.1 Å². The van der Waals surface area contributed by atoms with Crippen molar-refractivity contribution in [2.45, 2.75) is 164 Å². The number of H-pyrrole nitrogens is 2. The molecule has 6 amide bonds. The molecule has 0 bridgehead atoms. The van der Waals surface area contributed by atoms with Gasteiger partial charge in [0, 0.05) is 80.8 Å². The predicted molar refractivity (Wildman–Crippen MR) is 351 cm³/mol. The average molecular weight is 1400 g/mol. The minimum absolute atomic E-state index is 0.000554. The van der Waals surface area contributed by atoms with Gasteiger partial charge in [-0.3, -0.25) is 43.3 Å². The van der Waals surface area contributed by atoms with E-state index in [-0.39, 0.29) is 135 Å². The van der Waals surface area contributed by atoms with Crippen LogP contribution in [0, 0.1) is 0 Å². The van der Waals surface area contributed by atoms with Crippen molar-refractivity contribution in [3.63, 3.8) is 0 Å². The lowest BCUT2D eigenvalue weighted by atomic mass is 9.97. The number of aliphatic hydroxyl groups excluding tert-OH is 5. The van der Waals surface area contributed by atoms with Crippen LogP contribution in [0.1, 0.15) is 116 Å². The Balaban J connectivity index is 0.659. The summed E-state index contributed by atoms with van der Waals surface area (Å²) in [6, 6.07) is 9.48. The number of nitrogens with two attached hydrogens (primary N) is 2. The number of ether oxygens (including phenoxy) is 3. The Labute approximate surface area is 567 Å². The van der Waals surface area contributed by atoms with Crippen molar-refractivity contribution in [2.24, 2.45) is 0 Å². The van der Waals surface area contributed by atoms with E-state index in [1.165, 1.54) is 36.7 Å². The molecule has 6 heterocycles. The van der Waals surface area contributed by atoms with Gasteiger partial charge in [0.15, 0.2) is 34.9 Å². The van der Waals surface area contributed by atoms with Crippen molar-refractivity contribution in [3.8, 4) is 0 Å². The van der Waals surface area contributed by atoms with Crippen molar-refractivity contribution in [1.29, 1.82) is 0 Å². The van der Waals surface area contributed by atoms with Gasteiger partial charge in [0.2, 0.25) is 35.5 Å². The van der Waals surface area contributed by atoms with E-state index >= 15 is 0 Å². The molecule has 0 aliphatic carbocycles. The third-order valence-corrected chi connectivity index (χ3v) is 16.0. The number of aliphatic carboxylic acids is 2. The second kappa shape index (κ2) is 36.4. The molecule has 38 nitrogen and oxygen atoms in total. The molecular weight excluding hydrogens is 1320 g/mol. The van der Waals surface area contributed by atoms with Crippen LogP contribution in [0.2, 0.25) is 0 Å². The zero-order valence-electron chi connectivity index (χ0n) is 53.8. The summed E-state index contributed by atoms with van der Waals surface area (Å²) in [5, 5.41) is 94.7. The van der Waals surface area contributed by atoms with Crippen LogP contribution < -0.4 is 65.1 Å². The van der Waals surface area contributed by atoms with E-state index in [1.54, 1.807) is 24.3 Å². The molecular formula is C62H80N18O20. The van der Waals surface area contributed by atoms with Gasteiger partial charge < -0.3 is 109 Å². The highest BCUT2D eigenvalue weighted by Gasteiger charge is 2.48. The number of carboxylic acids is 2. The maximum absolute atomic E-state index is 13.0. The number of anilines is 4. The van der Waals surface area contributed by atoms with Crippen LogP contribution in [0.5, 0.6) is 0 Å². The fourth-order valence-corrected chi connectivity index (χ4v) is 10.5. The topological polar surface area (TPSA) is 597 Å². The Morgan fingerprint density at radius 2 is 1.08 bits per heavy atom. The summed E-state index contributed by atoms with van der Waals surface area (Å²) in [6.07, 6.45) is -9.49. The molecule has 6 unspecified atom stereocenters. The van der Waals surface area contributed by atoms with Crippen LogP contribution in [-0.4, -0.2) is 217 Å². The van der Waals surface area contributed by atoms with Crippen LogP contribution in [-0.2, 0) is 56.1 Å². The van der Waals surface area contributed by atoms with Gasteiger partial charge in [0.1, 0.15) is 42.6 Å². The first-order valence-electron chi connectivity index (χ1n) is 32.1. The number of nitrogens with zero attached hydrogens (tertiary/aromatic N) is 6. The van der Waals surface area contributed by atoms with Gasteiger partial charge in [-0.15, -0.1) is 0 Å². The van der Waals surface area contributed by atoms with Crippen molar-refractivity contribution in [3.05, 3.63) is 104 Å². The number of unbranched alkanes of at least 4 members (excludes halogenated alkanes) is 4. The molecule has 2 saturated heterocycles. The van der Waals surface area contributed by atoms with Gasteiger partial charge in [-0.1, -0.05) is 12.8 Å². The lowest BCUT2D eigenvalue weighted by Crippen LogP contribution is -2.63. The number of aliphatic hydroxyl groups is 5. The van der Waals surface area contributed by atoms with Crippen LogP contribution in [0.15, 0.2) is 70.5 Å². The summed E-state index contributed by atoms with van der Waals surface area (Å²) in [5.41, 5.74) is 12.6. The number of aromatic amines is 2. The quantitative estimate of drug-likeness (QED) is 0.0174. The maximum atomic E-state index is 13.0. The number of nitrogen functional groups attached to an aromatic ring is 2. The molecule has 4 aromatic heterocycles. The molecule has 0 radical (unpaired) electrons. The Bertz CT molecular complexity index is 3960. The molecule has 11 atom stereocenters. The molecule has 2 fully saturated rings. The minimum atomic E-state index is -1.90. The highest BCUT2D eigenvalue weighted by atomic mass is 16.7. The Morgan fingerprint density at radius 1 is 0.570 bits per heavy atom. The number of benzene rings is 2. The summed E-state index contributed by atoms with van der Waals surface area (Å²) >= 11 is 0. The van der Waals surface area contributed by atoms with Crippen LogP contribution in [0.25, 0.3) is 22.3 Å². The Hall–Kier alpha value is -10.5. The lowest BCUT2D eigenvalue weighted by Gasteiger charge is -2.44. The highest BCUT2D eigenvalue weighted by Crippen LogP contribution is 2.29. The predicted octanol–water partition coefficient (Wildman–Crippen LogP) is -3.00. The summed E-state index contributed by atoms with van der Waals surface area (Å²) < 4.78 is 17.2. The number of hydrogen-bond acceptors (Lipinski definition) is 28. The van der Waals surface area contributed by atoms with Crippen LogP contribution in [0.3, 0.4) is 0 Å². The van der Waals surface area contributed by atoms with Gasteiger partial charge in [-0.2, -0.15) is 9.97 Å². The van der Waals surface area contributed by atoms with Crippen molar-refractivity contribution in [1.82, 2.24) is 71.8 Å². The van der Waals surface area contributed by atoms with Crippen molar-refractivity contribution < 1.29 is 88.3 Å². The summed E-state index contributed by atoms with van der Waals surface area (Å²) in [6.45, 7) is 0.272. The van der Waals surface area contributed by atoms with Gasteiger partial charge >= 0.3 is 17.5 Å². The minimum Gasteiger partial charge on any atom is -0.480 e. The first-order chi connectivity index (χ1) is 47.9. The smallest absolute Gasteiger partial charge is 0.326 e. The lowest BCUT2D eigenvalue weighted by molar-refractivity contribution is -0.339. The van der Waals surface area contributed by atoms with Crippen LogP contribution >= 0.6 is 0 Å². The standard InChI is InChI=1S/C62H80N18O20/c63-61-77-51-45(55(91)79-61)73-34(26-71-51)24-67-32-13-9-30(10-14-32)53(89)75-37(57(93)94)17-19-43(84)65-21-5-1-3-7-41(82)69-28-36-23-39(81)47(86)60(98-36)100-50-40(99-59(97)49(88)48(50)87)29-70-42(83)8-4-2-6-22-66-44(85)20-18-38(58(95)96)76-54(90)31-11-15-33(16-12-31)68-25-35-27-72-52-46(74-35)56(92)80-62(64)78-52/h9-16,26-27,36-40,47-50,59-60,67-68,81,86-88,97H,1-8,17-25,28-29H2,(H,65,84)(H,66,85)(H,69,82)(H,70,83)(H,75,89)(H,76,90)(H,93,94)(H,95,96)(H3,63,71,77,79,91)(H3,64,72,78,80,92)/t36?,37?,38?,39?,40?,47-,48-,49?,50+,59-,60+/m1/s1. The van der Waals surface area contributed by atoms with Gasteiger partial charge in [-0.25, -0.2) is 29.5 Å². The fraction of sp³-hybridized carbons (Fsp3) is 0.484. The fourth-order valence-electron chi connectivity index (χ4n) is 10.5. The van der Waals surface area contributed by atoms with E-state index in [2.05, 4.69) is 82.4 Å². The number of carbonyl (C=O) groups excluding carboxylic acids is 6. The van der Waals surface area contributed by atoms with Gasteiger partial charge in [-0.05, 0) is 87.1 Å². The first-order valence-corrected chi connectivity index (χ1v) is 32.1. The summed E-state index contributed by atoms with van der Waals surface area (Å²) in [5.74, 6) is -5.99. The van der Waals surface area contributed by atoms with Crippen LogP contribution in [0.4, 0.5) is 23.3 Å². The normalized spacial score (nSPS) is 20.3. The third kappa shape index (κ3) is 22.3. The monoisotopic (exact) mass is 1400 g/mol. The molecule has 8 rings (SSSR count). The number of carboxylic acid groups (broad SMARTS) is 2. The molecule has 0 saturated carbocycles. The number of amides is 6. The first kappa shape index (κ1) is 75.3. The molecule has 2 aliphatic rings. The number of nitrogens with one attached hydrogen (secondary N) is 10.